The van der Waals surface area contributed by atoms with Crippen LogP contribution in [0.3, 0.4) is 0 Å². The molecule has 1 atom stereocenters. The number of nitrogens with one attached hydrogen (secondary N) is 2. The van der Waals surface area contributed by atoms with Gasteiger partial charge in [0.25, 0.3) is 11.8 Å². The van der Waals surface area contributed by atoms with Crippen molar-refractivity contribution in [3.8, 4) is 5.75 Å². The van der Waals surface area contributed by atoms with Crippen LogP contribution in [0, 0.1) is 0 Å². The van der Waals surface area contributed by atoms with E-state index in [4.69, 9.17) is 4.74 Å². The third-order valence-electron chi connectivity index (χ3n) is 4.54. The number of carbonyl (C=O) groups excluding carboxylic acids is 2. The molecule has 3 rings (SSSR count). The van der Waals surface area contributed by atoms with Crippen LogP contribution in [-0.2, 0) is 0 Å². The molecule has 0 aliphatic rings. The van der Waals surface area contributed by atoms with Gasteiger partial charge in [-0.3, -0.25) is 9.59 Å². The Labute approximate surface area is 177 Å². The maximum atomic E-state index is 12.5. The van der Waals surface area contributed by atoms with Crippen LogP contribution in [0.25, 0.3) is 0 Å². The first-order valence-corrected chi connectivity index (χ1v) is 9.96. The molecule has 0 fully saturated rings. The molecular weight excluding hydrogens is 376 g/mol. The molecule has 30 heavy (non-hydrogen) atoms. The van der Waals surface area contributed by atoms with Crippen molar-refractivity contribution in [1.29, 1.82) is 0 Å². The molecule has 5 heteroatoms. The molecule has 0 radical (unpaired) electrons. The summed E-state index contributed by atoms with van der Waals surface area (Å²) in [5, 5.41) is 5.82. The second kappa shape index (κ2) is 9.74. The number of benzene rings is 3. The highest BCUT2D eigenvalue weighted by atomic mass is 16.5. The summed E-state index contributed by atoms with van der Waals surface area (Å²) in [5.74, 6) is 0.340. The molecule has 0 saturated carbocycles. The fourth-order valence-electron chi connectivity index (χ4n) is 2.97. The van der Waals surface area contributed by atoms with E-state index < -0.39 is 0 Å². The first-order valence-electron chi connectivity index (χ1n) is 9.96. The number of rotatable bonds is 7. The topological polar surface area (TPSA) is 67.4 Å². The molecule has 2 amide bonds. The summed E-state index contributed by atoms with van der Waals surface area (Å²) in [6, 6.07) is 23.5. The van der Waals surface area contributed by atoms with E-state index in [1.54, 1.807) is 48.5 Å². The van der Waals surface area contributed by atoms with E-state index in [1.165, 1.54) is 0 Å². The maximum absolute atomic E-state index is 12.5. The van der Waals surface area contributed by atoms with Crippen LogP contribution in [0.1, 0.15) is 53.1 Å². The predicted octanol–water partition coefficient (Wildman–Crippen LogP) is 5.22. The fourth-order valence-corrected chi connectivity index (χ4v) is 2.97. The molecule has 0 heterocycles. The van der Waals surface area contributed by atoms with Gasteiger partial charge in [-0.2, -0.15) is 0 Å². The Morgan fingerprint density at radius 1 is 0.733 bits per heavy atom. The van der Waals surface area contributed by atoms with Crippen LogP contribution in [-0.4, -0.2) is 17.9 Å². The first-order chi connectivity index (χ1) is 14.4. The molecule has 154 valence electrons. The van der Waals surface area contributed by atoms with Gasteiger partial charge in [0.1, 0.15) is 5.75 Å². The van der Waals surface area contributed by atoms with Crippen molar-refractivity contribution in [1.82, 2.24) is 5.32 Å². The van der Waals surface area contributed by atoms with E-state index in [-0.39, 0.29) is 24.0 Å². The van der Waals surface area contributed by atoms with E-state index in [2.05, 4.69) is 10.6 Å². The van der Waals surface area contributed by atoms with Crippen molar-refractivity contribution < 1.29 is 14.3 Å². The van der Waals surface area contributed by atoms with Crippen LogP contribution < -0.4 is 15.4 Å². The van der Waals surface area contributed by atoms with Gasteiger partial charge in [-0.05, 0) is 74.9 Å². The standard InChI is InChI=1S/C25H26N2O3/c1-17(2)30-23-15-11-21(12-16-23)25(29)27-22-13-9-20(10-14-22)24(28)26-18(3)19-7-5-4-6-8-19/h4-18H,1-3H3,(H,26,28)(H,27,29). The predicted molar refractivity (Wildman–Crippen MR) is 119 cm³/mol. The highest BCUT2D eigenvalue weighted by Gasteiger charge is 2.12. The zero-order chi connectivity index (χ0) is 21.5. The van der Waals surface area contributed by atoms with Crippen molar-refractivity contribution in [2.75, 3.05) is 5.32 Å². The van der Waals surface area contributed by atoms with Gasteiger partial charge in [0.2, 0.25) is 0 Å². The molecule has 0 aromatic heterocycles. The lowest BCUT2D eigenvalue weighted by Crippen LogP contribution is -2.26. The largest absolute Gasteiger partial charge is 0.491 e. The van der Waals surface area contributed by atoms with Crippen molar-refractivity contribution in [2.45, 2.75) is 32.9 Å². The summed E-state index contributed by atoms with van der Waals surface area (Å²) >= 11 is 0. The zero-order valence-corrected chi connectivity index (χ0v) is 17.4. The van der Waals surface area contributed by atoms with E-state index in [9.17, 15) is 9.59 Å². The van der Waals surface area contributed by atoms with Gasteiger partial charge in [0.15, 0.2) is 0 Å². The Morgan fingerprint density at radius 3 is 1.90 bits per heavy atom. The van der Waals surface area contributed by atoms with Gasteiger partial charge in [-0.25, -0.2) is 0 Å². The molecule has 2 N–H and O–H groups in total. The number of amides is 2. The van der Waals surface area contributed by atoms with Gasteiger partial charge in [0, 0.05) is 16.8 Å². The van der Waals surface area contributed by atoms with E-state index in [0.717, 1.165) is 11.3 Å². The number of hydrogen-bond donors (Lipinski definition) is 2. The smallest absolute Gasteiger partial charge is 0.255 e. The van der Waals surface area contributed by atoms with Crippen molar-refractivity contribution >= 4 is 17.5 Å². The summed E-state index contributed by atoms with van der Waals surface area (Å²) in [5.41, 5.74) is 2.73. The lowest BCUT2D eigenvalue weighted by Gasteiger charge is -2.14. The molecule has 1 unspecified atom stereocenters. The van der Waals surface area contributed by atoms with Crippen LogP contribution >= 0.6 is 0 Å². The van der Waals surface area contributed by atoms with Gasteiger partial charge >= 0.3 is 0 Å². The third kappa shape index (κ3) is 5.70. The molecule has 0 saturated heterocycles. The quantitative estimate of drug-likeness (QED) is 0.570. The Hall–Kier alpha value is -3.60. The Bertz CT molecular complexity index is 981. The summed E-state index contributed by atoms with van der Waals surface area (Å²) in [6.07, 6.45) is 0.0797. The van der Waals surface area contributed by atoms with Crippen LogP contribution in [0.5, 0.6) is 5.75 Å². The van der Waals surface area contributed by atoms with E-state index in [1.807, 2.05) is 51.1 Å². The third-order valence-corrected chi connectivity index (χ3v) is 4.54. The SMILES string of the molecule is CC(C)Oc1ccc(C(=O)Nc2ccc(C(=O)NC(C)c3ccccc3)cc2)cc1. The minimum atomic E-state index is -0.221. The number of carbonyl (C=O) groups is 2. The molecule has 0 bridgehead atoms. The second-order valence-corrected chi connectivity index (χ2v) is 7.33. The summed E-state index contributed by atoms with van der Waals surface area (Å²) in [6.45, 7) is 5.85. The van der Waals surface area contributed by atoms with E-state index >= 15 is 0 Å². The summed E-state index contributed by atoms with van der Waals surface area (Å²) in [4.78, 5) is 24.9. The summed E-state index contributed by atoms with van der Waals surface area (Å²) < 4.78 is 5.59. The average Bonchev–Trinajstić information content (AvgIpc) is 2.75. The molecule has 0 spiro atoms. The van der Waals surface area contributed by atoms with Gasteiger partial charge < -0.3 is 15.4 Å². The lowest BCUT2D eigenvalue weighted by atomic mass is 10.1. The maximum Gasteiger partial charge on any atom is 0.255 e. The van der Waals surface area contributed by atoms with E-state index in [0.29, 0.717) is 16.8 Å². The number of hydrogen-bond acceptors (Lipinski definition) is 3. The highest BCUT2D eigenvalue weighted by molar-refractivity contribution is 6.04. The Kier molecular flexibility index (Phi) is 6.86. The average molecular weight is 402 g/mol. The normalized spacial score (nSPS) is 11.6. The number of ether oxygens (including phenoxy) is 1. The molecule has 0 aliphatic carbocycles. The van der Waals surface area contributed by atoms with Crippen molar-refractivity contribution in [3.05, 3.63) is 95.6 Å². The highest BCUT2D eigenvalue weighted by Crippen LogP contribution is 2.17. The minimum absolute atomic E-state index is 0.0797. The van der Waals surface area contributed by atoms with Crippen molar-refractivity contribution in [2.24, 2.45) is 0 Å². The fraction of sp³-hybridized carbons (Fsp3) is 0.200. The molecular formula is C25H26N2O3. The monoisotopic (exact) mass is 402 g/mol. The van der Waals surface area contributed by atoms with Gasteiger partial charge in [-0.15, -0.1) is 0 Å². The number of anilines is 1. The zero-order valence-electron chi connectivity index (χ0n) is 17.4. The lowest BCUT2D eigenvalue weighted by molar-refractivity contribution is 0.0939. The molecule has 0 aliphatic heterocycles. The van der Waals surface area contributed by atoms with Crippen molar-refractivity contribution in [3.63, 3.8) is 0 Å². The van der Waals surface area contributed by atoms with Gasteiger partial charge in [0.05, 0.1) is 12.1 Å². The molecule has 3 aromatic rings. The molecule has 5 nitrogen and oxygen atoms in total. The summed E-state index contributed by atoms with van der Waals surface area (Å²) in [7, 11) is 0. The molecule has 3 aromatic carbocycles. The first kappa shape index (κ1) is 21.1. The van der Waals surface area contributed by atoms with Crippen LogP contribution in [0.4, 0.5) is 5.69 Å². The Balaban J connectivity index is 1.58. The van der Waals surface area contributed by atoms with Crippen LogP contribution in [0.15, 0.2) is 78.9 Å². The van der Waals surface area contributed by atoms with Crippen LogP contribution in [0.2, 0.25) is 0 Å². The minimum Gasteiger partial charge on any atom is -0.491 e. The second-order valence-electron chi connectivity index (χ2n) is 7.33. The van der Waals surface area contributed by atoms with Gasteiger partial charge in [-0.1, -0.05) is 30.3 Å². The Morgan fingerprint density at radius 2 is 1.30 bits per heavy atom.